The van der Waals surface area contributed by atoms with Gasteiger partial charge in [0.1, 0.15) is 18.0 Å². The number of nitrogens with zero attached hydrogens (tertiary/aromatic N) is 6. The Bertz CT molecular complexity index is 998. The minimum Gasteiger partial charge on any atom is -0.366 e. The Balaban J connectivity index is 1.54. The van der Waals surface area contributed by atoms with Gasteiger partial charge in [-0.05, 0) is 12.1 Å². The fourth-order valence-electron chi connectivity index (χ4n) is 3.01. The lowest BCUT2D eigenvalue weighted by Crippen LogP contribution is -2.59. The topological polar surface area (TPSA) is 67.2 Å². The molecular formula is C17H17FN6O. The molecular weight excluding hydrogens is 323 g/mol. The number of aromatic nitrogens is 4. The molecule has 3 heterocycles. The summed E-state index contributed by atoms with van der Waals surface area (Å²) in [6.45, 7) is 1.52. The molecule has 0 atom stereocenters. The first-order valence-corrected chi connectivity index (χ1v) is 7.94. The van der Waals surface area contributed by atoms with Crippen molar-refractivity contribution in [1.29, 1.82) is 0 Å². The molecule has 0 saturated carbocycles. The molecule has 1 saturated heterocycles. The Morgan fingerprint density at radius 1 is 1.24 bits per heavy atom. The molecule has 2 aromatic heterocycles. The average Bonchev–Trinajstić information content (AvgIpc) is 2.55. The summed E-state index contributed by atoms with van der Waals surface area (Å²) in [5, 5.41) is 4.87. The predicted molar refractivity (Wildman–Crippen MR) is 93.4 cm³/mol. The highest BCUT2D eigenvalue weighted by atomic mass is 19.1. The number of likely N-dealkylation sites (N-methyl/N-ethyl adjacent to an activating group) is 1. The van der Waals surface area contributed by atoms with Gasteiger partial charge in [0.25, 0.3) is 5.56 Å². The standard InChI is InChI=1S/C17H17FN6O/c1-22(17-14-4-3-11(18)5-15(14)19-10-20-17)13-8-24(9-13)12-6-16(25)23(2)21-7-12/h3-7,10,13H,8-9H2,1-2H3. The summed E-state index contributed by atoms with van der Waals surface area (Å²) in [4.78, 5) is 24.4. The number of hydrogen-bond acceptors (Lipinski definition) is 6. The van der Waals surface area contributed by atoms with Gasteiger partial charge in [-0.3, -0.25) is 4.79 Å². The molecule has 0 aliphatic carbocycles. The summed E-state index contributed by atoms with van der Waals surface area (Å²) < 4.78 is 14.7. The van der Waals surface area contributed by atoms with Crippen LogP contribution in [0.5, 0.6) is 0 Å². The molecule has 128 valence electrons. The maximum atomic E-state index is 13.4. The number of hydrogen-bond donors (Lipinski definition) is 0. The summed E-state index contributed by atoms with van der Waals surface area (Å²) in [7, 11) is 3.59. The Kier molecular flexibility index (Phi) is 3.60. The van der Waals surface area contributed by atoms with Gasteiger partial charge in [-0.1, -0.05) is 0 Å². The van der Waals surface area contributed by atoms with E-state index in [2.05, 4.69) is 24.9 Å². The lowest BCUT2D eigenvalue weighted by molar-refractivity contribution is 0.492. The van der Waals surface area contributed by atoms with Gasteiger partial charge in [0.05, 0.1) is 23.4 Å². The highest BCUT2D eigenvalue weighted by Gasteiger charge is 2.32. The van der Waals surface area contributed by atoms with Gasteiger partial charge in [-0.25, -0.2) is 19.0 Å². The second-order valence-electron chi connectivity index (χ2n) is 6.20. The van der Waals surface area contributed by atoms with Crippen LogP contribution in [0.2, 0.25) is 0 Å². The highest BCUT2D eigenvalue weighted by Crippen LogP contribution is 2.28. The summed E-state index contributed by atoms with van der Waals surface area (Å²) >= 11 is 0. The SMILES string of the molecule is CN(c1ncnc2cc(F)ccc12)C1CN(c2cnn(C)c(=O)c2)C1. The van der Waals surface area contributed by atoms with Crippen LogP contribution in [0, 0.1) is 5.82 Å². The summed E-state index contributed by atoms with van der Waals surface area (Å²) in [5.74, 6) is 0.463. The normalized spacial score (nSPS) is 14.6. The van der Waals surface area contributed by atoms with Crippen LogP contribution in [0.15, 0.2) is 41.6 Å². The molecule has 0 radical (unpaired) electrons. The fraction of sp³-hybridized carbons (Fsp3) is 0.294. The Morgan fingerprint density at radius 3 is 2.80 bits per heavy atom. The third-order valence-corrected chi connectivity index (χ3v) is 4.64. The molecule has 0 spiro atoms. The van der Waals surface area contributed by atoms with Crippen molar-refractivity contribution in [2.24, 2.45) is 7.05 Å². The van der Waals surface area contributed by atoms with Crippen molar-refractivity contribution in [3.05, 3.63) is 53.0 Å². The third-order valence-electron chi connectivity index (χ3n) is 4.64. The highest BCUT2D eigenvalue weighted by molar-refractivity contribution is 5.89. The Morgan fingerprint density at radius 2 is 2.04 bits per heavy atom. The van der Waals surface area contributed by atoms with Crippen molar-refractivity contribution in [2.45, 2.75) is 6.04 Å². The van der Waals surface area contributed by atoms with Crippen molar-refractivity contribution in [3.8, 4) is 0 Å². The third kappa shape index (κ3) is 2.69. The molecule has 25 heavy (non-hydrogen) atoms. The van der Waals surface area contributed by atoms with E-state index in [1.54, 1.807) is 25.4 Å². The molecule has 4 rings (SSSR count). The fourth-order valence-corrected chi connectivity index (χ4v) is 3.01. The van der Waals surface area contributed by atoms with Gasteiger partial charge < -0.3 is 9.80 Å². The summed E-state index contributed by atoms with van der Waals surface area (Å²) in [6, 6.07) is 6.37. The molecule has 1 aromatic carbocycles. The quantitative estimate of drug-likeness (QED) is 0.713. The number of aryl methyl sites for hydroxylation is 1. The number of benzene rings is 1. The first-order valence-electron chi connectivity index (χ1n) is 7.94. The molecule has 3 aromatic rings. The largest absolute Gasteiger partial charge is 0.366 e. The molecule has 0 bridgehead atoms. The lowest BCUT2D eigenvalue weighted by Gasteiger charge is -2.45. The zero-order valence-corrected chi connectivity index (χ0v) is 13.9. The van der Waals surface area contributed by atoms with Crippen LogP contribution in [-0.2, 0) is 7.05 Å². The number of anilines is 2. The van der Waals surface area contributed by atoms with E-state index in [0.717, 1.165) is 30.0 Å². The monoisotopic (exact) mass is 340 g/mol. The van der Waals surface area contributed by atoms with Gasteiger partial charge in [0.15, 0.2) is 0 Å². The van der Waals surface area contributed by atoms with Crippen LogP contribution in [0.1, 0.15) is 0 Å². The smallest absolute Gasteiger partial charge is 0.268 e. The predicted octanol–water partition coefficient (Wildman–Crippen LogP) is 1.19. The minimum absolute atomic E-state index is 0.127. The Hall–Kier alpha value is -3.03. The first-order chi connectivity index (χ1) is 12.0. The van der Waals surface area contributed by atoms with E-state index in [1.165, 1.54) is 23.1 Å². The molecule has 0 unspecified atom stereocenters. The van der Waals surface area contributed by atoms with Crippen molar-refractivity contribution in [2.75, 3.05) is 29.9 Å². The van der Waals surface area contributed by atoms with Crippen molar-refractivity contribution < 1.29 is 4.39 Å². The molecule has 1 fully saturated rings. The van der Waals surface area contributed by atoms with E-state index in [1.807, 2.05) is 7.05 Å². The van der Waals surface area contributed by atoms with E-state index < -0.39 is 0 Å². The molecule has 7 nitrogen and oxygen atoms in total. The summed E-state index contributed by atoms with van der Waals surface area (Å²) in [5.41, 5.74) is 1.28. The van der Waals surface area contributed by atoms with Gasteiger partial charge >= 0.3 is 0 Å². The van der Waals surface area contributed by atoms with E-state index in [9.17, 15) is 9.18 Å². The first kappa shape index (κ1) is 15.5. The number of rotatable bonds is 3. The van der Waals surface area contributed by atoms with Gasteiger partial charge in [0, 0.05) is 44.7 Å². The minimum atomic E-state index is -0.312. The zero-order chi connectivity index (χ0) is 17.6. The van der Waals surface area contributed by atoms with Gasteiger partial charge in [0.2, 0.25) is 0 Å². The van der Waals surface area contributed by atoms with Gasteiger partial charge in [-0.2, -0.15) is 5.10 Å². The molecule has 8 heteroatoms. The van der Waals surface area contributed by atoms with E-state index in [-0.39, 0.29) is 17.4 Å². The van der Waals surface area contributed by atoms with Crippen LogP contribution in [-0.4, -0.2) is 45.9 Å². The van der Waals surface area contributed by atoms with Crippen LogP contribution in [0.25, 0.3) is 10.9 Å². The lowest BCUT2D eigenvalue weighted by atomic mass is 10.1. The van der Waals surface area contributed by atoms with Crippen LogP contribution >= 0.6 is 0 Å². The molecule has 0 amide bonds. The van der Waals surface area contributed by atoms with Crippen molar-refractivity contribution >= 4 is 22.4 Å². The maximum absolute atomic E-state index is 13.4. The van der Waals surface area contributed by atoms with E-state index in [4.69, 9.17) is 0 Å². The van der Waals surface area contributed by atoms with Crippen molar-refractivity contribution in [1.82, 2.24) is 19.7 Å². The van der Waals surface area contributed by atoms with E-state index in [0.29, 0.717) is 5.52 Å². The number of halogens is 1. The second kappa shape index (κ2) is 5.80. The second-order valence-corrected chi connectivity index (χ2v) is 6.20. The molecule has 0 N–H and O–H groups in total. The maximum Gasteiger partial charge on any atom is 0.268 e. The van der Waals surface area contributed by atoms with Crippen LogP contribution < -0.4 is 15.4 Å². The Labute approximate surface area is 143 Å². The summed E-state index contributed by atoms with van der Waals surface area (Å²) in [6.07, 6.45) is 3.15. The molecule has 1 aliphatic rings. The zero-order valence-electron chi connectivity index (χ0n) is 13.9. The van der Waals surface area contributed by atoms with Crippen molar-refractivity contribution in [3.63, 3.8) is 0 Å². The molecule has 1 aliphatic heterocycles. The average molecular weight is 340 g/mol. The van der Waals surface area contributed by atoms with Crippen LogP contribution in [0.3, 0.4) is 0 Å². The van der Waals surface area contributed by atoms with Gasteiger partial charge in [-0.15, -0.1) is 0 Å². The number of fused-ring (bicyclic) bond motifs is 1. The van der Waals surface area contributed by atoms with E-state index >= 15 is 0 Å². The van der Waals surface area contributed by atoms with Crippen LogP contribution in [0.4, 0.5) is 15.9 Å².